The van der Waals surface area contributed by atoms with Gasteiger partial charge in [0.1, 0.15) is 6.10 Å². The lowest BCUT2D eigenvalue weighted by atomic mass is 10.1. The van der Waals surface area contributed by atoms with E-state index in [0.717, 1.165) is 32.5 Å². The maximum atomic E-state index is 12.1. The molecule has 0 aromatic heterocycles. The van der Waals surface area contributed by atoms with Crippen LogP contribution >= 0.6 is 0 Å². The number of carbonyl (C=O) groups excluding carboxylic acids is 1. The van der Waals surface area contributed by atoms with Crippen molar-refractivity contribution >= 4 is 5.91 Å². The lowest BCUT2D eigenvalue weighted by molar-refractivity contribution is -0.141. The van der Waals surface area contributed by atoms with E-state index in [1.165, 1.54) is 32.1 Å². The summed E-state index contributed by atoms with van der Waals surface area (Å²) in [6, 6.07) is 0. The van der Waals surface area contributed by atoms with Crippen molar-refractivity contribution in [3.05, 3.63) is 0 Å². The van der Waals surface area contributed by atoms with Crippen LogP contribution in [0.25, 0.3) is 0 Å². The molecule has 2 heterocycles. The first-order valence-electron chi connectivity index (χ1n) is 6.28. The van der Waals surface area contributed by atoms with Crippen LogP contribution in [0.4, 0.5) is 0 Å². The highest BCUT2D eigenvalue weighted by Gasteiger charge is 2.27. The van der Waals surface area contributed by atoms with Crippen LogP contribution in [0, 0.1) is 0 Å². The fraction of sp³-hybridized carbons (Fsp3) is 0.917. The van der Waals surface area contributed by atoms with Crippen LogP contribution in [0.15, 0.2) is 0 Å². The van der Waals surface area contributed by atoms with Crippen LogP contribution in [-0.4, -0.2) is 36.6 Å². The van der Waals surface area contributed by atoms with Crippen LogP contribution in [0.3, 0.4) is 0 Å². The van der Waals surface area contributed by atoms with E-state index in [4.69, 9.17) is 4.74 Å². The van der Waals surface area contributed by atoms with Gasteiger partial charge in [0, 0.05) is 19.7 Å². The van der Waals surface area contributed by atoms with Crippen molar-refractivity contribution in [2.45, 2.75) is 51.0 Å². The fourth-order valence-electron chi connectivity index (χ4n) is 2.44. The third-order valence-electron chi connectivity index (χ3n) is 3.37. The number of hydrogen-bond acceptors (Lipinski definition) is 2. The lowest BCUT2D eigenvalue weighted by Crippen LogP contribution is -2.40. The van der Waals surface area contributed by atoms with E-state index in [1.54, 1.807) is 0 Å². The Morgan fingerprint density at radius 3 is 2.27 bits per heavy atom. The number of likely N-dealkylation sites (tertiary alicyclic amines) is 1. The van der Waals surface area contributed by atoms with Crippen molar-refractivity contribution in [2.24, 2.45) is 0 Å². The van der Waals surface area contributed by atoms with Gasteiger partial charge in [0.05, 0.1) is 0 Å². The number of ether oxygens (including phenoxy) is 1. The topological polar surface area (TPSA) is 29.5 Å². The van der Waals surface area contributed by atoms with Crippen molar-refractivity contribution in [1.29, 1.82) is 0 Å². The summed E-state index contributed by atoms with van der Waals surface area (Å²) in [6.07, 6.45) is 8.06. The molecule has 15 heavy (non-hydrogen) atoms. The lowest BCUT2D eigenvalue weighted by Gasteiger charge is -2.26. The second-order valence-electron chi connectivity index (χ2n) is 4.59. The Bertz CT molecular complexity index is 204. The molecule has 2 rings (SSSR count). The first kappa shape index (κ1) is 10.9. The van der Waals surface area contributed by atoms with Crippen LogP contribution in [0.1, 0.15) is 44.9 Å². The largest absolute Gasteiger partial charge is 0.368 e. The first-order chi connectivity index (χ1) is 7.38. The van der Waals surface area contributed by atoms with Gasteiger partial charge in [-0.15, -0.1) is 0 Å². The maximum absolute atomic E-state index is 12.1. The second kappa shape index (κ2) is 5.50. The Balaban J connectivity index is 1.85. The molecular formula is C12H21NO2. The van der Waals surface area contributed by atoms with Crippen LogP contribution in [0.5, 0.6) is 0 Å². The van der Waals surface area contributed by atoms with Crippen LogP contribution < -0.4 is 0 Å². The molecule has 86 valence electrons. The fourth-order valence-corrected chi connectivity index (χ4v) is 2.44. The predicted octanol–water partition coefficient (Wildman–Crippen LogP) is 1.96. The summed E-state index contributed by atoms with van der Waals surface area (Å²) in [5.41, 5.74) is 0. The normalized spacial score (nSPS) is 28.5. The van der Waals surface area contributed by atoms with Gasteiger partial charge in [0.15, 0.2) is 0 Å². The highest BCUT2D eigenvalue weighted by atomic mass is 16.5. The zero-order valence-electron chi connectivity index (χ0n) is 9.41. The number of hydrogen-bond donors (Lipinski definition) is 0. The van der Waals surface area contributed by atoms with Gasteiger partial charge < -0.3 is 9.64 Å². The number of carbonyl (C=O) groups is 1. The third kappa shape index (κ3) is 2.94. The number of nitrogens with zero attached hydrogens (tertiary/aromatic N) is 1. The van der Waals surface area contributed by atoms with Crippen molar-refractivity contribution in [1.82, 2.24) is 4.90 Å². The van der Waals surface area contributed by atoms with Gasteiger partial charge in [-0.05, 0) is 25.7 Å². The Morgan fingerprint density at radius 1 is 1.00 bits per heavy atom. The zero-order valence-corrected chi connectivity index (χ0v) is 9.41. The summed E-state index contributed by atoms with van der Waals surface area (Å²) < 4.78 is 5.45. The van der Waals surface area contributed by atoms with Gasteiger partial charge in [0.2, 0.25) is 0 Å². The molecule has 2 saturated heterocycles. The van der Waals surface area contributed by atoms with Crippen LogP contribution in [-0.2, 0) is 9.53 Å². The SMILES string of the molecule is O=C(C1CCCO1)N1CCCCCCC1. The minimum absolute atomic E-state index is 0.121. The molecule has 2 aliphatic rings. The molecule has 2 fully saturated rings. The summed E-state index contributed by atoms with van der Waals surface area (Å²) in [6.45, 7) is 2.65. The minimum Gasteiger partial charge on any atom is -0.368 e. The summed E-state index contributed by atoms with van der Waals surface area (Å²) in [4.78, 5) is 14.1. The number of rotatable bonds is 1. The van der Waals surface area contributed by atoms with Crippen molar-refractivity contribution < 1.29 is 9.53 Å². The summed E-state index contributed by atoms with van der Waals surface area (Å²) in [7, 11) is 0. The maximum Gasteiger partial charge on any atom is 0.251 e. The minimum atomic E-state index is -0.121. The summed E-state index contributed by atoms with van der Waals surface area (Å²) in [5, 5.41) is 0. The Hall–Kier alpha value is -0.570. The molecule has 1 unspecified atom stereocenters. The molecule has 1 amide bonds. The van der Waals surface area contributed by atoms with Gasteiger partial charge in [-0.2, -0.15) is 0 Å². The Kier molecular flexibility index (Phi) is 4.01. The van der Waals surface area contributed by atoms with Crippen LogP contribution in [0.2, 0.25) is 0 Å². The van der Waals surface area contributed by atoms with Gasteiger partial charge in [-0.3, -0.25) is 4.79 Å². The second-order valence-corrected chi connectivity index (χ2v) is 4.59. The molecule has 3 nitrogen and oxygen atoms in total. The zero-order chi connectivity index (χ0) is 10.5. The van der Waals surface area contributed by atoms with Crippen molar-refractivity contribution in [3.63, 3.8) is 0 Å². The van der Waals surface area contributed by atoms with E-state index in [0.29, 0.717) is 0 Å². The van der Waals surface area contributed by atoms with E-state index in [-0.39, 0.29) is 12.0 Å². The van der Waals surface area contributed by atoms with Gasteiger partial charge >= 0.3 is 0 Å². The highest BCUT2D eigenvalue weighted by Crippen LogP contribution is 2.17. The molecule has 0 bridgehead atoms. The molecule has 1 atom stereocenters. The molecule has 2 aliphatic heterocycles. The van der Waals surface area contributed by atoms with E-state index in [1.807, 2.05) is 4.90 Å². The van der Waals surface area contributed by atoms with Crippen molar-refractivity contribution in [3.8, 4) is 0 Å². The van der Waals surface area contributed by atoms with E-state index in [2.05, 4.69) is 0 Å². The Labute approximate surface area is 91.8 Å². The van der Waals surface area contributed by atoms with E-state index < -0.39 is 0 Å². The molecule has 0 spiro atoms. The molecule has 0 aromatic rings. The molecule has 0 radical (unpaired) electrons. The monoisotopic (exact) mass is 211 g/mol. The molecule has 0 aliphatic carbocycles. The summed E-state index contributed by atoms with van der Waals surface area (Å²) >= 11 is 0. The van der Waals surface area contributed by atoms with E-state index >= 15 is 0 Å². The first-order valence-corrected chi connectivity index (χ1v) is 6.28. The highest BCUT2D eigenvalue weighted by molar-refractivity contribution is 5.81. The van der Waals surface area contributed by atoms with Gasteiger partial charge in [-0.1, -0.05) is 19.3 Å². The molecular weight excluding hydrogens is 190 g/mol. The molecule has 0 aromatic carbocycles. The quantitative estimate of drug-likeness (QED) is 0.663. The van der Waals surface area contributed by atoms with Gasteiger partial charge in [0.25, 0.3) is 5.91 Å². The third-order valence-corrected chi connectivity index (χ3v) is 3.37. The average molecular weight is 211 g/mol. The Morgan fingerprint density at radius 2 is 1.67 bits per heavy atom. The van der Waals surface area contributed by atoms with Gasteiger partial charge in [-0.25, -0.2) is 0 Å². The smallest absolute Gasteiger partial charge is 0.251 e. The standard InChI is InChI=1S/C12H21NO2/c14-12(11-7-6-10-15-11)13-8-4-2-1-3-5-9-13/h11H,1-10H2. The predicted molar refractivity (Wildman–Crippen MR) is 58.6 cm³/mol. The molecule has 3 heteroatoms. The molecule has 0 N–H and O–H groups in total. The summed E-state index contributed by atoms with van der Waals surface area (Å²) in [5.74, 6) is 0.245. The average Bonchev–Trinajstić information content (AvgIpc) is 2.68. The molecule has 0 saturated carbocycles. The van der Waals surface area contributed by atoms with Crippen molar-refractivity contribution in [2.75, 3.05) is 19.7 Å². The number of amides is 1. The van der Waals surface area contributed by atoms with E-state index in [9.17, 15) is 4.79 Å².